The zero-order chi connectivity index (χ0) is 88.2. The molecule has 0 amide bonds. The van der Waals surface area contributed by atoms with Crippen LogP contribution in [-0.2, 0) is 47.3 Å². The largest absolute Gasteiger partial charge is 0.569 e. The number of fused-ring (bicyclic) bond motifs is 56. The van der Waals surface area contributed by atoms with Crippen molar-refractivity contribution in [3.63, 3.8) is 0 Å². The van der Waals surface area contributed by atoms with Gasteiger partial charge in [-0.25, -0.2) is 0 Å². The maximum Gasteiger partial charge on any atom is 0.569 e. The highest BCUT2D eigenvalue weighted by Crippen LogP contribution is 2.71. The van der Waals surface area contributed by atoms with Crippen molar-refractivity contribution in [2.75, 3.05) is 0 Å². The van der Waals surface area contributed by atoms with Crippen LogP contribution in [0.25, 0.3) is 134 Å². The van der Waals surface area contributed by atoms with Gasteiger partial charge in [-0.15, -0.1) is 0 Å². The van der Waals surface area contributed by atoms with Crippen molar-refractivity contribution in [3.8, 4) is 139 Å². The van der Waals surface area contributed by atoms with E-state index in [1.807, 2.05) is 24.3 Å². The van der Waals surface area contributed by atoms with Crippen LogP contribution in [0.1, 0.15) is 134 Å². The van der Waals surface area contributed by atoms with Gasteiger partial charge in [-0.3, -0.25) is 0 Å². The Morgan fingerprint density at radius 3 is 0.799 bits per heavy atom. The highest BCUT2D eigenvalue weighted by Gasteiger charge is 2.58. The molecule has 0 atom stereocenters. The average molecular weight is 1700 g/mol. The molecule has 20 aromatic carbocycles. The molecule has 623 valence electrons. The van der Waals surface area contributed by atoms with E-state index in [-0.39, 0.29) is 21.7 Å². The van der Waals surface area contributed by atoms with E-state index in [0.717, 1.165) is 43.6 Å². The van der Waals surface area contributed by atoms with Crippen LogP contribution in [0.15, 0.2) is 425 Å². The fourth-order valence-electron chi connectivity index (χ4n) is 27.9. The molecule has 32 rings (SSSR count). The maximum atomic E-state index is 10.1. The number of benzene rings is 20. The molecular formula is C128H81B2O4. The predicted octanol–water partition coefficient (Wildman–Crippen LogP) is 27.0. The first-order valence-electron chi connectivity index (χ1n) is 47.0. The molecule has 4 nitrogen and oxygen atoms in total. The maximum absolute atomic E-state index is 10.1. The van der Waals surface area contributed by atoms with Crippen molar-refractivity contribution in [1.82, 2.24) is 0 Å². The van der Waals surface area contributed by atoms with Crippen molar-refractivity contribution in [2.45, 2.75) is 47.3 Å². The Kier molecular flexibility index (Phi) is 15.9. The molecule has 0 unspecified atom stereocenters. The van der Waals surface area contributed by atoms with Gasteiger partial charge < -0.3 is 19.7 Å². The van der Waals surface area contributed by atoms with Crippen LogP contribution >= 0.6 is 0 Å². The van der Waals surface area contributed by atoms with Crippen LogP contribution < -0.4 is 10.1 Å². The van der Waals surface area contributed by atoms with E-state index in [9.17, 15) is 15.1 Å². The molecule has 20 aromatic rings. The van der Waals surface area contributed by atoms with Gasteiger partial charge in [0.2, 0.25) is 0 Å². The number of hydrogen-bond donors (Lipinski definition) is 3. The van der Waals surface area contributed by atoms with Crippen molar-refractivity contribution in [1.29, 1.82) is 0 Å². The highest BCUT2D eigenvalue weighted by atomic mass is 16.5. The van der Waals surface area contributed by atoms with E-state index in [2.05, 4.69) is 400 Å². The molecule has 0 saturated heterocycles. The van der Waals surface area contributed by atoms with E-state index >= 15 is 0 Å². The van der Waals surface area contributed by atoms with Crippen molar-refractivity contribution >= 4 is 20.3 Å². The van der Waals surface area contributed by atoms with E-state index in [4.69, 9.17) is 4.65 Å². The Morgan fingerprint density at radius 2 is 0.425 bits per heavy atom. The molecule has 12 aliphatic rings. The monoisotopic (exact) mass is 1700 g/mol. The fourth-order valence-corrected chi connectivity index (χ4v) is 27.9. The van der Waals surface area contributed by atoms with Gasteiger partial charge in [0, 0.05) is 12.0 Å². The van der Waals surface area contributed by atoms with E-state index in [1.54, 1.807) is 0 Å². The lowest BCUT2D eigenvalue weighted by Crippen LogP contribution is -2.33. The molecule has 12 aliphatic carbocycles. The summed E-state index contributed by atoms with van der Waals surface area (Å²) in [5.41, 5.74) is 64.4. The number of rotatable bonds is 3. The van der Waals surface area contributed by atoms with E-state index in [0.29, 0.717) is 17.6 Å². The SMILES string of the molecule is OB(O)c1cccc2c1Cc1c-2ccc2c1C1(c3ccccc3-c3ccccc31)c1ccccc1-2.O[B]Oc1cccc2c1Cc1c-2ccc2c1-c1ccccc1C21c2ccccc2-c2ccccc21.c1ccc2c(c1)Cc1c-2ccc2c1-c1ccccc1C21c2ccccc2-c2ccccc21.c1ccc2c(c1)Cc1c-2ccc2c1C1(c3ccccc3-c3ccccc31)c1ccccc1-2. The topological polar surface area (TPSA) is 69.9 Å². The van der Waals surface area contributed by atoms with Crippen molar-refractivity contribution < 1.29 is 19.7 Å². The van der Waals surface area contributed by atoms with E-state index < -0.39 is 7.12 Å². The highest BCUT2D eigenvalue weighted by molar-refractivity contribution is 6.59. The van der Waals surface area contributed by atoms with Gasteiger partial charge in [0.1, 0.15) is 5.75 Å². The molecule has 0 aliphatic heterocycles. The average Bonchev–Trinajstić information content (AvgIpc) is 1.51. The van der Waals surface area contributed by atoms with Crippen LogP contribution in [0.3, 0.4) is 0 Å². The lowest BCUT2D eigenvalue weighted by atomic mass is 9.68. The molecule has 4 spiro atoms. The summed E-state index contributed by atoms with van der Waals surface area (Å²) in [6, 6.07) is 156. The Labute approximate surface area is 779 Å². The summed E-state index contributed by atoms with van der Waals surface area (Å²) in [4.78, 5) is 0. The van der Waals surface area contributed by atoms with Gasteiger partial charge in [-0.05, 0) is 292 Å². The first kappa shape index (κ1) is 76.0. The van der Waals surface area contributed by atoms with Crippen LogP contribution in [0, 0.1) is 0 Å². The Bertz CT molecular complexity index is 8400. The van der Waals surface area contributed by atoms with Crippen LogP contribution in [-0.4, -0.2) is 29.9 Å². The van der Waals surface area contributed by atoms with Gasteiger partial charge >= 0.3 is 14.8 Å². The van der Waals surface area contributed by atoms with Crippen molar-refractivity contribution in [2.24, 2.45) is 0 Å². The molecule has 0 heterocycles. The summed E-state index contributed by atoms with van der Waals surface area (Å²) in [7, 11) is -0.703. The standard InChI is InChI=1S/C32H20BO2.C32H21BO2.2C32H20/c34-33-35-30-15-7-11-19-20-16-17-29-31(25(20)18-24(19)30)23-10-3-6-14-28(23)32(29)26-12-4-1-8-21(26)22-9-2-5-13-27(22)32;34-33(35)30-15-7-11-19-20-16-17-24-23-10-3-6-14-29(23)32(31(24)26(20)18-25(19)30)27-12-4-1-8-21(27)22-9-2-5-13-28(22)32;1-2-10-21-20(9-1)19-26-22(21)17-18-30-31(26)25-13-5-8-16-29(25)32(30)27-14-6-3-11-23(27)24-12-4-7-15-28(24)32;1-2-10-21-20(9-1)19-27-22(21)17-18-26-25-13-5-8-16-30(25)32(31(26)27)28-14-6-3-11-23(28)24-12-4-7-15-29(24)32/h1-17,34H,18H2;1-17,34-35H,18H2;2*1-18H,19H2. The Hall–Kier alpha value is -15.8. The number of hydrogen-bond acceptors (Lipinski definition) is 4. The molecule has 0 fully saturated rings. The fraction of sp³-hybridized carbons (Fsp3) is 0.0625. The Morgan fingerprint density at radius 1 is 0.187 bits per heavy atom. The summed E-state index contributed by atoms with van der Waals surface area (Å²) >= 11 is 0. The second kappa shape index (κ2) is 28.1. The normalized spacial score (nSPS) is 14.8. The summed E-state index contributed by atoms with van der Waals surface area (Å²) in [6.07, 6.45) is 3.50. The first-order valence-corrected chi connectivity index (χ1v) is 47.0. The molecule has 1 radical (unpaired) electrons. The molecular weight excluding hydrogens is 1620 g/mol. The van der Waals surface area contributed by atoms with Gasteiger partial charge in [-0.2, -0.15) is 0 Å². The third-order valence-electron chi connectivity index (χ3n) is 32.5. The predicted molar refractivity (Wildman–Crippen MR) is 542 cm³/mol. The summed E-state index contributed by atoms with van der Waals surface area (Å²) in [5.74, 6) is 0.715. The third kappa shape index (κ3) is 9.58. The molecule has 134 heavy (non-hydrogen) atoms. The smallest absolute Gasteiger partial charge is 0.537 e. The van der Waals surface area contributed by atoms with Crippen LogP contribution in [0.2, 0.25) is 0 Å². The molecule has 0 saturated carbocycles. The van der Waals surface area contributed by atoms with E-state index in [1.165, 1.54) is 250 Å². The summed E-state index contributed by atoms with van der Waals surface area (Å²) < 4.78 is 5.49. The second-order valence-corrected chi connectivity index (χ2v) is 37.9. The van der Waals surface area contributed by atoms with Crippen LogP contribution in [0.5, 0.6) is 5.75 Å². The van der Waals surface area contributed by atoms with Gasteiger partial charge in [0.05, 0.1) is 21.7 Å². The quantitative estimate of drug-likeness (QED) is 0.154. The van der Waals surface area contributed by atoms with Gasteiger partial charge in [0.25, 0.3) is 0 Å². The minimum atomic E-state index is -1.48. The Balaban J connectivity index is 0.0000000871. The van der Waals surface area contributed by atoms with Gasteiger partial charge in [0.15, 0.2) is 0 Å². The lowest BCUT2D eigenvalue weighted by Gasteiger charge is -2.32. The second-order valence-electron chi connectivity index (χ2n) is 37.9. The molecule has 0 aromatic heterocycles. The molecule has 3 N–H and O–H groups in total. The summed E-state index contributed by atoms with van der Waals surface area (Å²) in [6.45, 7) is 0. The van der Waals surface area contributed by atoms with Crippen LogP contribution in [0.4, 0.5) is 0 Å². The van der Waals surface area contributed by atoms with Crippen molar-refractivity contribution in [3.05, 3.63) is 558 Å². The zero-order valence-electron chi connectivity index (χ0n) is 73.1. The first-order chi connectivity index (χ1) is 66.3. The third-order valence-corrected chi connectivity index (χ3v) is 32.5. The zero-order valence-corrected chi connectivity index (χ0v) is 73.1. The van der Waals surface area contributed by atoms with Gasteiger partial charge in [-0.1, -0.05) is 419 Å². The molecule has 6 heteroatoms. The molecule has 0 bridgehead atoms. The minimum Gasteiger partial charge on any atom is -0.537 e. The lowest BCUT2D eigenvalue weighted by molar-refractivity contribution is 0.425. The minimum absolute atomic E-state index is 0.233. The summed E-state index contributed by atoms with van der Waals surface area (Å²) in [5, 5.41) is 29.6.